The minimum Gasteiger partial charge on any atom is -0.369 e. The molecule has 29 heavy (non-hydrogen) atoms. The van der Waals surface area contributed by atoms with Gasteiger partial charge in [0.15, 0.2) is 0 Å². The van der Waals surface area contributed by atoms with Crippen molar-refractivity contribution in [2.75, 3.05) is 24.4 Å². The molecule has 2 N–H and O–H groups in total. The van der Waals surface area contributed by atoms with Gasteiger partial charge in [-0.3, -0.25) is 13.9 Å². The Morgan fingerprint density at radius 1 is 1.17 bits per heavy atom. The van der Waals surface area contributed by atoms with Crippen molar-refractivity contribution in [3.05, 3.63) is 59.1 Å². The summed E-state index contributed by atoms with van der Waals surface area (Å²) in [4.78, 5) is 25.9. The highest BCUT2D eigenvalue weighted by Crippen LogP contribution is 2.27. The van der Waals surface area contributed by atoms with Gasteiger partial charge in [-0.2, -0.15) is 0 Å². The van der Waals surface area contributed by atoms with Crippen molar-refractivity contribution < 1.29 is 18.0 Å². The zero-order valence-corrected chi connectivity index (χ0v) is 17.5. The van der Waals surface area contributed by atoms with Gasteiger partial charge in [-0.05, 0) is 43.2 Å². The van der Waals surface area contributed by atoms with E-state index in [1.165, 1.54) is 30.1 Å². The summed E-state index contributed by atoms with van der Waals surface area (Å²) in [5.41, 5.74) is 5.96. The van der Waals surface area contributed by atoms with Crippen LogP contribution in [0.2, 0.25) is 5.02 Å². The molecule has 0 aromatic heterocycles. The Labute approximate surface area is 175 Å². The Bertz CT molecular complexity index is 1030. The second-order valence-corrected chi connectivity index (χ2v) is 9.32. The largest absolute Gasteiger partial charge is 0.369 e. The highest BCUT2D eigenvalue weighted by molar-refractivity contribution is 7.92. The first-order valence-electron chi connectivity index (χ1n) is 9.14. The van der Waals surface area contributed by atoms with E-state index in [2.05, 4.69) is 0 Å². The first-order chi connectivity index (χ1) is 13.7. The summed E-state index contributed by atoms with van der Waals surface area (Å²) in [7, 11) is -2.44. The molecule has 2 aromatic carbocycles. The molecule has 0 saturated carbocycles. The number of amides is 2. The first-order valence-corrected chi connectivity index (χ1v) is 11.0. The zero-order chi connectivity index (χ0) is 21.2. The number of carbonyl (C=O) groups is 2. The fraction of sp³-hybridized carbons (Fsp3) is 0.300. The summed E-state index contributed by atoms with van der Waals surface area (Å²) in [5, 5.41) is 0.150. The second kappa shape index (κ2) is 8.42. The minimum absolute atomic E-state index is 0.0416. The number of halogens is 1. The predicted molar refractivity (Wildman–Crippen MR) is 111 cm³/mol. The van der Waals surface area contributed by atoms with E-state index < -0.39 is 27.8 Å². The fourth-order valence-corrected chi connectivity index (χ4v) is 4.75. The lowest BCUT2D eigenvalue weighted by Crippen LogP contribution is -2.44. The Hall–Kier alpha value is -2.58. The van der Waals surface area contributed by atoms with Crippen LogP contribution in [0.3, 0.4) is 0 Å². The molecule has 2 amide bonds. The number of likely N-dealkylation sites (tertiary alicyclic amines) is 1. The summed E-state index contributed by atoms with van der Waals surface area (Å²) >= 11 is 6.21. The monoisotopic (exact) mass is 435 g/mol. The molecule has 0 unspecified atom stereocenters. The van der Waals surface area contributed by atoms with Crippen molar-refractivity contribution in [2.24, 2.45) is 11.7 Å². The number of hydrogen-bond donors (Lipinski definition) is 1. The van der Waals surface area contributed by atoms with Gasteiger partial charge < -0.3 is 10.6 Å². The van der Waals surface area contributed by atoms with Gasteiger partial charge in [-0.1, -0.05) is 29.8 Å². The van der Waals surface area contributed by atoms with Crippen LogP contribution in [-0.4, -0.2) is 45.3 Å². The van der Waals surface area contributed by atoms with E-state index in [4.69, 9.17) is 17.3 Å². The molecule has 1 fully saturated rings. The van der Waals surface area contributed by atoms with Crippen LogP contribution in [0.4, 0.5) is 5.69 Å². The van der Waals surface area contributed by atoms with Crippen LogP contribution in [0.1, 0.15) is 23.2 Å². The van der Waals surface area contributed by atoms with Crippen LogP contribution in [0, 0.1) is 5.92 Å². The smallest absolute Gasteiger partial charge is 0.264 e. The van der Waals surface area contributed by atoms with Crippen molar-refractivity contribution in [3.8, 4) is 0 Å². The number of nitrogens with zero attached hydrogens (tertiary/aromatic N) is 2. The van der Waals surface area contributed by atoms with Gasteiger partial charge in [0.25, 0.3) is 15.9 Å². The van der Waals surface area contributed by atoms with Gasteiger partial charge in [0.2, 0.25) is 5.91 Å². The maximum Gasteiger partial charge on any atom is 0.264 e. The van der Waals surface area contributed by atoms with Crippen LogP contribution < -0.4 is 10.0 Å². The molecule has 0 radical (unpaired) electrons. The number of carbonyl (C=O) groups excluding carboxylic acids is 2. The van der Waals surface area contributed by atoms with E-state index in [0.29, 0.717) is 25.1 Å². The zero-order valence-electron chi connectivity index (χ0n) is 15.9. The molecule has 1 atom stereocenters. The fourth-order valence-electron chi connectivity index (χ4n) is 3.33. The number of hydrogen-bond acceptors (Lipinski definition) is 4. The van der Waals surface area contributed by atoms with Gasteiger partial charge in [0.05, 0.1) is 27.1 Å². The average Bonchev–Trinajstić information content (AvgIpc) is 2.73. The number of para-hydroxylation sites is 1. The van der Waals surface area contributed by atoms with E-state index >= 15 is 0 Å². The summed E-state index contributed by atoms with van der Waals surface area (Å²) in [6, 6.07) is 12.7. The van der Waals surface area contributed by atoms with E-state index in [0.717, 1.165) is 4.31 Å². The van der Waals surface area contributed by atoms with Gasteiger partial charge in [0.1, 0.15) is 0 Å². The molecule has 1 aliphatic rings. The van der Waals surface area contributed by atoms with E-state index in [1.54, 1.807) is 30.3 Å². The molecule has 154 valence electrons. The number of benzene rings is 2. The Morgan fingerprint density at radius 2 is 1.86 bits per heavy atom. The second-order valence-electron chi connectivity index (χ2n) is 6.94. The maximum atomic E-state index is 13.0. The van der Waals surface area contributed by atoms with E-state index in [9.17, 15) is 18.0 Å². The van der Waals surface area contributed by atoms with E-state index in [1.807, 2.05) is 0 Å². The lowest BCUT2D eigenvalue weighted by molar-refractivity contribution is -0.123. The van der Waals surface area contributed by atoms with Crippen molar-refractivity contribution >= 4 is 39.1 Å². The average molecular weight is 436 g/mol. The number of nitrogens with two attached hydrogens (primary N) is 1. The third-order valence-corrected chi connectivity index (χ3v) is 7.17. The number of sulfonamides is 1. The highest BCUT2D eigenvalue weighted by Gasteiger charge is 2.30. The summed E-state index contributed by atoms with van der Waals surface area (Å²) < 4.78 is 27.2. The van der Waals surface area contributed by atoms with Gasteiger partial charge in [-0.25, -0.2) is 8.42 Å². The lowest BCUT2D eigenvalue weighted by Gasteiger charge is -2.31. The number of anilines is 1. The minimum atomic E-state index is -3.89. The van der Waals surface area contributed by atoms with E-state index in [-0.39, 0.29) is 22.0 Å². The van der Waals surface area contributed by atoms with Crippen LogP contribution in [-0.2, 0) is 14.8 Å². The molecule has 1 heterocycles. The Kier molecular flexibility index (Phi) is 6.14. The first kappa shape index (κ1) is 21.1. The topological polar surface area (TPSA) is 101 Å². The van der Waals surface area contributed by atoms with Crippen LogP contribution in [0.5, 0.6) is 0 Å². The number of rotatable bonds is 5. The van der Waals surface area contributed by atoms with Gasteiger partial charge >= 0.3 is 0 Å². The molecule has 9 heteroatoms. The number of primary amides is 1. The maximum absolute atomic E-state index is 13.0. The standard InChI is InChI=1S/C20H22ClN3O4S/c1-23(15-7-3-2-4-8-15)29(27,28)16-9-10-18(21)17(12-16)20(26)24-11-5-6-14(13-24)19(22)25/h2-4,7-10,12,14H,5-6,11,13H2,1H3,(H2,22,25)/t14-/m1/s1. The summed E-state index contributed by atoms with van der Waals surface area (Å²) in [5.74, 6) is -1.28. The van der Waals surface area contributed by atoms with Crippen molar-refractivity contribution in [3.63, 3.8) is 0 Å². The molecule has 1 saturated heterocycles. The molecule has 7 nitrogen and oxygen atoms in total. The van der Waals surface area contributed by atoms with Crippen LogP contribution >= 0.6 is 11.6 Å². The van der Waals surface area contributed by atoms with Crippen LogP contribution in [0.25, 0.3) is 0 Å². The normalized spacial score (nSPS) is 17.0. The third kappa shape index (κ3) is 4.38. The summed E-state index contributed by atoms with van der Waals surface area (Å²) in [6.45, 7) is 0.658. The molecule has 0 aliphatic carbocycles. The van der Waals surface area contributed by atoms with Crippen molar-refractivity contribution in [1.29, 1.82) is 0 Å². The molecular formula is C20H22ClN3O4S. The Morgan fingerprint density at radius 3 is 2.52 bits per heavy atom. The molecule has 1 aliphatic heterocycles. The van der Waals surface area contributed by atoms with Crippen molar-refractivity contribution in [2.45, 2.75) is 17.7 Å². The quantitative estimate of drug-likeness (QED) is 0.779. The molecule has 0 bridgehead atoms. The Balaban J connectivity index is 1.92. The number of piperidine rings is 1. The van der Waals surface area contributed by atoms with Gasteiger partial charge in [0, 0.05) is 20.1 Å². The van der Waals surface area contributed by atoms with Gasteiger partial charge in [-0.15, -0.1) is 0 Å². The molecular weight excluding hydrogens is 414 g/mol. The molecule has 2 aromatic rings. The molecule has 3 rings (SSSR count). The highest BCUT2D eigenvalue weighted by atomic mass is 35.5. The lowest BCUT2D eigenvalue weighted by atomic mass is 9.97. The van der Waals surface area contributed by atoms with Crippen LogP contribution in [0.15, 0.2) is 53.4 Å². The van der Waals surface area contributed by atoms with Crippen molar-refractivity contribution in [1.82, 2.24) is 4.90 Å². The predicted octanol–water partition coefficient (Wildman–Crippen LogP) is 2.50. The molecule has 0 spiro atoms. The third-order valence-electron chi connectivity index (χ3n) is 5.06. The SMILES string of the molecule is CN(c1ccccc1)S(=O)(=O)c1ccc(Cl)c(C(=O)N2CCC[C@@H](C(N)=O)C2)c1. The summed E-state index contributed by atoms with van der Waals surface area (Å²) in [6.07, 6.45) is 1.27.